The van der Waals surface area contributed by atoms with E-state index in [4.69, 9.17) is 18.0 Å². The molecule has 80 valence electrons. The molecule has 0 heterocycles. The Labute approximate surface area is 96.8 Å². The predicted octanol–water partition coefficient (Wildman–Crippen LogP) is 3.15. The van der Waals surface area contributed by atoms with Crippen molar-refractivity contribution in [2.75, 3.05) is 0 Å². The van der Waals surface area contributed by atoms with Gasteiger partial charge >= 0.3 is 0 Å². The van der Waals surface area contributed by atoms with Gasteiger partial charge in [0, 0.05) is 11.6 Å². The number of nitrogens with one attached hydrogen (secondary N) is 1. The molecule has 0 radical (unpaired) electrons. The smallest absolute Gasteiger partial charge is 0.0686 e. The van der Waals surface area contributed by atoms with E-state index in [1.54, 1.807) is 0 Å². The average Bonchev–Trinajstić information content (AvgIpc) is 2.22. The second kappa shape index (κ2) is 5.80. The summed E-state index contributed by atoms with van der Waals surface area (Å²) in [4.78, 5) is 0. The number of hydrogen-bond acceptors (Lipinski definition) is 1. The lowest BCUT2D eigenvalue weighted by Gasteiger charge is -2.11. The molecule has 0 fully saturated rings. The van der Waals surface area contributed by atoms with Gasteiger partial charge < -0.3 is 0 Å². The first-order valence-electron chi connectivity index (χ1n) is 5.12. The van der Waals surface area contributed by atoms with Crippen LogP contribution in [0.2, 0.25) is 5.02 Å². The summed E-state index contributed by atoms with van der Waals surface area (Å²) in [7, 11) is 0. The average molecular weight is 222 g/mol. The minimum Gasteiger partial charge on any atom is -0.300 e. The van der Waals surface area contributed by atoms with Crippen LogP contribution in [0.5, 0.6) is 0 Å². The summed E-state index contributed by atoms with van der Waals surface area (Å²) in [5.74, 6) is 2.70. The third-order valence-electron chi connectivity index (χ3n) is 2.36. The number of hydrogen-bond donors (Lipinski definition) is 1. The van der Waals surface area contributed by atoms with E-state index in [9.17, 15) is 0 Å². The third-order valence-corrected chi connectivity index (χ3v) is 2.71. The van der Waals surface area contributed by atoms with Crippen LogP contribution in [0.3, 0.4) is 0 Å². The van der Waals surface area contributed by atoms with Crippen molar-refractivity contribution in [2.24, 2.45) is 0 Å². The fraction of sp³-hybridized carbons (Fsp3) is 0.385. The molecule has 0 amide bonds. The SMILES string of the molecule is C#CC(CC)NCc1ccc(C)cc1Cl. The molecule has 1 rings (SSSR count). The standard InChI is InChI=1S/C13H16ClN/c1-4-12(5-2)15-9-11-7-6-10(3)8-13(11)14/h1,6-8,12,15H,5,9H2,2-3H3. The van der Waals surface area contributed by atoms with Gasteiger partial charge in [-0.25, -0.2) is 0 Å². The molecule has 1 unspecified atom stereocenters. The molecule has 1 aromatic rings. The first kappa shape index (κ1) is 12.1. The van der Waals surface area contributed by atoms with E-state index >= 15 is 0 Å². The molecule has 15 heavy (non-hydrogen) atoms. The highest BCUT2D eigenvalue weighted by Crippen LogP contribution is 2.17. The van der Waals surface area contributed by atoms with Crippen LogP contribution in [0.25, 0.3) is 0 Å². The van der Waals surface area contributed by atoms with Crippen LogP contribution in [0, 0.1) is 19.3 Å². The molecule has 1 N–H and O–H groups in total. The maximum absolute atomic E-state index is 6.11. The molecule has 1 aromatic carbocycles. The Hall–Kier alpha value is -0.970. The van der Waals surface area contributed by atoms with E-state index in [0.29, 0.717) is 0 Å². The number of terminal acetylenes is 1. The van der Waals surface area contributed by atoms with Gasteiger partial charge in [0.25, 0.3) is 0 Å². The lowest BCUT2D eigenvalue weighted by molar-refractivity contribution is 0.592. The molecule has 0 saturated heterocycles. The zero-order valence-corrected chi connectivity index (χ0v) is 9.93. The summed E-state index contributed by atoms with van der Waals surface area (Å²) >= 11 is 6.11. The molecule has 0 aliphatic heterocycles. The van der Waals surface area contributed by atoms with Crippen LogP contribution in [0.4, 0.5) is 0 Å². The van der Waals surface area contributed by atoms with Crippen molar-refractivity contribution in [1.29, 1.82) is 0 Å². The van der Waals surface area contributed by atoms with E-state index in [1.165, 1.54) is 5.56 Å². The van der Waals surface area contributed by atoms with Gasteiger partial charge in [0.05, 0.1) is 6.04 Å². The monoisotopic (exact) mass is 221 g/mol. The Balaban J connectivity index is 2.62. The van der Waals surface area contributed by atoms with Crippen molar-refractivity contribution < 1.29 is 0 Å². The number of aryl methyl sites for hydroxylation is 1. The van der Waals surface area contributed by atoms with E-state index in [1.807, 2.05) is 19.1 Å². The highest BCUT2D eigenvalue weighted by Gasteiger charge is 2.03. The van der Waals surface area contributed by atoms with Gasteiger partial charge in [0.15, 0.2) is 0 Å². The van der Waals surface area contributed by atoms with Crippen molar-refractivity contribution in [1.82, 2.24) is 5.32 Å². The van der Waals surface area contributed by atoms with Crippen molar-refractivity contribution >= 4 is 11.6 Å². The lowest BCUT2D eigenvalue weighted by atomic mass is 10.1. The molecule has 1 atom stereocenters. The Bertz CT molecular complexity index is 365. The Morgan fingerprint density at radius 2 is 2.27 bits per heavy atom. The fourth-order valence-corrected chi connectivity index (χ4v) is 1.65. The van der Waals surface area contributed by atoms with E-state index in [2.05, 4.69) is 24.2 Å². The molecular formula is C13H16ClN. The molecule has 0 saturated carbocycles. The Morgan fingerprint density at radius 3 is 2.80 bits per heavy atom. The predicted molar refractivity (Wildman–Crippen MR) is 65.9 cm³/mol. The highest BCUT2D eigenvalue weighted by molar-refractivity contribution is 6.31. The number of rotatable bonds is 4. The zero-order valence-electron chi connectivity index (χ0n) is 9.18. The first-order valence-corrected chi connectivity index (χ1v) is 5.49. The first-order chi connectivity index (χ1) is 7.17. The largest absolute Gasteiger partial charge is 0.300 e. The summed E-state index contributed by atoms with van der Waals surface area (Å²) in [5.41, 5.74) is 2.27. The van der Waals surface area contributed by atoms with Crippen LogP contribution in [-0.2, 0) is 6.54 Å². The van der Waals surface area contributed by atoms with Gasteiger partial charge in [-0.15, -0.1) is 6.42 Å². The van der Waals surface area contributed by atoms with Crippen molar-refractivity contribution in [3.8, 4) is 12.3 Å². The second-order valence-corrected chi connectivity index (χ2v) is 4.01. The molecule has 0 spiro atoms. The second-order valence-electron chi connectivity index (χ2n) is 3.60. The Morgan fingerprint density at radius 1 is 1.53 bits per heavy atom. The van der Waals surface area contributed by atoms with Gasteiger partial charge in [-0.2, -0.15) is 0 Å². The van der Waals surface area contributed by atoms with Gasteiger partial charge in [0.2, 0.25) is 0 Å². The van der Waals surface area contributed by atoms with Crippen molar-refractivity contribution in [3.05, 3.63) is 34.3 Å². The van der Waals surface area contributed by atoms with E-state index < -0.39 is 0 Å². The third kappa shape index (κ3) is 3.58. The number of halogens is 1. The summed E-state index contributed by atoms with van der Waals surface area (Å²) in [5, 5.41) is 4.08. The molecular weight excluding hydrogens is 206 g/mol. The Kier molecular flexibility index (Phi) is 4.68. The molecule has 1 nitrogen and oxygen atoms in total. The van der Waals surface area contributed by atoms with Crippen LogP contribution < -0.4 is 5.32 Å². The van der Waals surface area contributed by atoms with Crippen LogP contribution in [-0.4, -0.2) is 6.04 Å². The molecule has 0 aliphatic carbocycles. The summed E-state index contributed by atoms with van der Waals surface area (Å²) < 4.78 is 0. The molecule has 2 heteroatoms. The van der Waals surface area contributed by atoms with E-state index in [-0.39, 0.29) is 6.04 Å². The van der Waals surface area contributed by atoms with Crippen molar-refractivity contribution in [2.45, 2.75) is 32.9 Å². The van der Waals surface area contributed by atoms with E-state index in [0.717, 1.165) is 23.6 Å². The summed E-state index contributed by atoms with van der Waals surface area (Å²) in [6.07, 6.45) is 6.29. The minimum atomic E-state index is 0.127. The zero-order chi connectivity index (χ0) is 11.3. The van der Waals surface area contributed by atoms with Gasteiger partial charge in [-0.3, -0.25) is 5.32 Å². The normalized spacial score (nSPS) is 12.1. The molecule has 0 bridgehead atoms. The van der Waals surface area contributed by atoms with Gasteiger partial charge in [0.1, 0.15) is 0 Å². The summed E-state index contributed by atoms with van der Waals surface area (Å²) in [6.45, 7) is 4.81. The molecule has 0 aromatic heterocycles. The maximum atomic E-state index is 6.11. The summed E-state index contributed by atoms with van der Waals surface area (Å²) in [6, 6.07) is 6.19. The fourth-order valence-electron chi connectivity index (χ4n) is 1.35. The topological polar surface area (TPSA) is 12.0 Å². The van der Waals surface area contributed by atoms with Gasteiger partial charge in [-0.05, 0) is 30.5 Å². The van der Waals surface area contributed by atoms with Crippen LogP contribution in [0.1, 0.15) is 24.5 Å². The van der Waals surface area contributed by atoms with Gasteiger partial charge in [-0.1, -0.05) is 36.6 Å². The van der Waals surface area contributed by atoms with Crippen molar-refractivity contribution in [3.63, 3.8) is 0 Å². The van der Waals surface area contributed by atoms with Crippen LogP contribution >= 0.6 is 11.6 Å². The van der Waals surface area contributed by atoms with Crippen LogP contribution in [0.15, 0.2) is 18.2 Å². The minimum absolute atomic E-state index is 0.127. The number of benzene rings is 1. The highest BCUT2D eigenvalue weighted by atomic mass is 35.5. The molecule has 0 aliphatic rings. The maximum Gasteiger partial charge on any atom is 0.0686 e. The lowest BCUT2D eigenvalue weighted by Crippen LogP contribution is -2.26. The quantitative estimate of drug-likeness (QED) is 0.771.